The van der Waals surface area contributed by atoms with Crippen molar-refractivity contribution in [3.63, 3.8) is 0 Å². The standard InChI is InChI=1S/C17H28N2O2/c1-5-6-9-19-17(20)14(4)21-16-12(2)10-15(7-8-18)11-13(16)3/h10-11,14H,5-9,18H2,1-4H3,(H,19,20). The third-order valence-corrected chi connectivity index (χ3v) is 3.45. The second-order valence-electron chi connectivity index (χ2n) is 5.50. The molecule has 118 valence electrons. The highest BCUT2D eigenvalue weighted by atomic mass is 16.5. The van der Waals surface area contributed by atoms with Gasteiger partial charge in [-0.25, -0.2) is 0 Å². The largest absolute Gasteiger partial charge is 0.480 e. The van der Waals surface area contributed by atoms with Crippen LogP contribution >= 0.6 is 0 Å². The summed E-state index contributed by atoms with van der Waals surface area (Å²) in [5.41, 5.74) is 8.90. The van der Waals surface area contributed by atoms with Crippen LogP contribution in [0.4, 0.5) is 0 Å². The second-order valence-corrected chi connectivity index (χ2v) is 5.50. The SMILES string of the molecule is CCCCNC(=O)C(C)Oc1c(C)cc(CCN)cc1C. The Morgan fingerprint density at radius 3 is 2.48 bits per heavy atom. The lowest BCUT2D eigenvalue weighted by Gasteiger charge is -2.19. The van der Waals surface area contributed by atoms with Crippen molar-refractivity contribution in [1.82, 2.24) is 5.32 Å². The number of carbonyl (C=O) groups excluding carboxylic acids is 1. The Bertz CT molecular complexity index is 449. The Balaban J connectivity index is 2.71. The summed E-state index contributed by atoms with van der Waals surface area (Å²) in [5, 5.41) is 2.89. The summed E-state index contributed by atoms with van der Waals surface area (Å²) in [4.78, 5) is 12.0. The molecular weight excluding hydrogens is 264 g/mol. The molecule has 0 spiro atoms. The van der Waals surface area contributed by atoms with Gasteiger partial charge in [0, 0.05) is 6.54 Å². The van der Waals surface area contributed by atoms with Crippen molar-refractivity contribution in [1.29, 1.82) is 0 Å². The van der Waals surface area contributed by atoms with Crippen LogP contribution in [0.3, 0.4) is 0 Å². The van der Waals surface area contributed by atoms with Crippen LogP contribution < -0.4 is 15.8 Å². The number of hydrogen-bond acceptors (Lipinski definition) is 3. The molecule has 0 radical (unpaired) electrons. The van der Waals surface area contributed by atoms with E-state index >= 15 is 0 Å². The first kappa shape index (κ1) is 17.5. The molecule has 0 saturated carbocycles. The quantitative estimate of drug-likeness (QED) is 0.724. The molecule has 0 aliphatic rings. The smallest absolute Gasteiger partial charge is 0.260 e. The van der Waals surface area contributed by atoms with Gasteiger partial charge in [0.05, 0.1) is 0 Å². The monoisotopic (exact) mass is 292 g/mol. The van der Waals surface area contributed by atoms with E-state index < -0.39 is 6.10 Å². The molecule has 1 aromatic rings. The Morgan fingerprint density at radius 1 is 1.33 bits per heavy atom. The van der Waals surface area contributed by atoms with Crippen molar-refractivity contribution in [3.05, 3.63) is 28.8 Å². The Morgan fingerprint density at radius 2 is 1.95 bits per heavy atom. The fourth-order valence-electron chi connectivity index (χ4n) is 2.30. The topological polar surface area (TPSA) is 64.3 Å². The Labute approximate surface area is 128 Å². The van der Waals surface area contributed by atoms with Crippen LogP contribution in [-0.2, 0) is 11.2 Å². The number of hydrogen-bond donors (Lipinski definition) is 2. The van der Waals surface area contributed by atoms with E-state index in [1.165, 1.54) is 5.56 Å². The number of unbranched alkanes of at least 4 members (excludes halogenated alkanes) is 1. The van der Waals surface area contributed by atoms with E-state index in [2.05, 4.69) is 24.4 Å². The van der Waals surface area contributed by atoms with Crippen molar-refractivity contribution in [2.75, 3.05) is 13.1 Å². The zero-order valence-corrected chi connectivity index (χ0v) is 13.7. The van der Waals surface area contributed by atoms with Crippen LogP contribution in [0.2, 0.25) is 0 Å². The molecule has 1 aromatic carbocycles. The number of nitrogens with two attached hydrogens (primary N) is 1. The molecule has 0 fully saturated rings. The summed E-state index contributed by atoms with van der Waals surface area (Å²) in [6, 6.07) is 4.16. The number of amides is 1. The van der Waals surface area contributed by atoms with Crippen LogP contribution in [0.1, 0.15) is 43.4 Å². The number of aryl methyl sites for hydroxylation is 2. The second kappa shape index (κ2) is 8.67. The van der Waals surface area contributed by atoms with Gasteiger partial charge in [-0.15, -0.1) is 0 Å². The molecule has 0 aliphatic carbocycles. The number of ether oxygens (including phenoxy) is 1. The minimum atomic E-state index is -0.486. The molecule has 0 aliphatic heterocycles. The fourth-order valence-corrected chi connectivity index (χ4v) is 2.30. The third kappa shape index (κ3) is 5.38. The van der Waals surface area contributed by atoms with E-state index in [9.17, 15) is 4.79 Å². The minimum Gasteiger partial charge on any atom is -0.480 e. The van der Waals surface area contributed by atoms with Crippen molar-refractivity contribution in [3.8, 4) is 5.75 Å². The van der Waals surface area contributed by atoms with E-state index in [1.807, 2.05) is 13.8 Å². The highest BCUT2D eigenvalue weighted by molar-refractivity contribution is 5.80. The summed E-state index contributed by atoms with van der Waals surface area (Å²) in [6.07, 6.45) is 2.43. The van der Waals surface area contributed by atoms with Gasteiger partial charge >= 0.3 is 0 Å². The van der Waals surface area contributed by atoms with Gasteiger partial charge in [0.15, 0.2) is 6.10 Å². The van der Waals surface area contributed by atoms with E-state index in [-0.39, 0.29) is 5.91 Å². The van der Waals surface area contributed by atoms with Gasteiger partial charge < -0.3 is 15.8 Å². The summed E-state index contributed by atoms with van der Waals surface area (Å²) < 4.78 is 5.86. The van der Waals surface area contributed by atoms with Crippen molar-refractivity contribution < 1.29 is 9.53 Å². The highest BCUT2D eigenvalue weighted by Gasteiger charge is 2.16. The summed E-state index contributed by atoms with van der Waals surface area (Å²) in [5.74, 6) is 0.738. The number of benzene rings is 1. The number of nitrogens with one attached hydrogen (secondary N) is 1. The Kier molecular flexibility index (Phi) is 7.23. The van der Waals surface area contributed by atoms with E-state index in [0.717, 1.165) is 36.1 Å². The minimum absolute atomic E-state index is 0.0618. The van der Waals surface area contributed by atoms with Gasteiger partial charge in [0.25, 0.3) is 5.91 Å². The predicted octanol–water partition coefficient (Wildman–Crippen LogP) is 2.49. The lowest BCUT2D eigenvalue weighted by molar-refractivity contribution is -0.127. The van der Waals surface area contributed by atoms with E-state index in [1.54, 1.807) is 6.92 Å². The molecule has 1 rings (SSSR count). The fraction of sp³-hybridized carbons (Fsp3) is 0.588. The molecule has 3 N–H and O–H groups in total. The van der Waals surface area contributed by atoms with Crippen LogP contribution in [0.15, 0.2) is 12.1 Å². The maximum atomic E-state index is 12.0. The summed E-state index contributed by atoms with van der Waals surface area (Å²) in [7, 11) is 0. The van der Waals surface area contributed by atoms with E-state index in [0.29, 0.717) is 13.1 Å². The summed E-state index contributed by atoms with van der Waals surface area (Å²) in [6.45, 7) is 9.23. The molecule has 1 atom stereocenters. The highest BCUT2D eigenvalue weighted by Crippen LogP contribution is 2.26. The molecule has 1 amide bonds. The third-order valence-electron chi connectivity index (χ3n) is 3.45. The average Bonchev–Trinajstić information content (AvgIpc) is 2.43. The number of rotatable bonds is 8. The van der Waals surface area contributed by atoms with Gasteiger partial charge in [0.2, 0.25) is 0 Å². The maximum Gasteiger partial charge on any atom is 0.260 e. The van der Waals surface area contributed by atoms with Gasteiger partial charge in [-0.3, -0.25) is 4.79 Å². The zero-order valence-electron chi connectivity index (χ0n) is 13.7. The van der Waals surface area contributed by atoms with Crippen LogP contribution in [0.5, 0.6) is 5.75 Å². The van der Waals surface area contributed by atoms with Gasteiger partial charge in [-0.05, 0) is 56.8 Å². The summed E-state index contributed by atoms with van der Waals surface area (Å²) >= 11 is 0. The molecule has 0 saturated heterocycles. The first-order chi connectivity index (χ1) is 9.99. The molecule has 21 heavy (non-hydrogen) atoms. The maximum absolute atomic E-state index is 12.0. The van der Waals surface area contributed by atoms with Gasteiger partial charge in [-0.2, -0.15) is 0 Å². The van der Waals surface area contributed by atoms with Crippen LogP contribution in [0, 0.1) is 13.8 Å². The van der Waals surface area contributed by atoms with Crippen molar-refractivity contribution >= 4 is 5.91 Å². The molecule has 0 bridgehead atoms. The van der Waals surface area contributed by atoms with Gasteiger partial charge in [-0.1, -0.05) is 25.5 Å². The van der Waals surface area contributed by atoms with Gasteiger partial charge in [0.1, 0.15) is 5.75 Å². The predicted molar refractivity (Wildman–Crippen MR) is 86.7 cm³/mol. The lowest BCUT2D eigenvalue weighted by Crippen LogP contribution is -2.37. The Hall–Kier alpha value is -1.55. The molecule has 4 heteroatoms. The molecule has 0 heterocycles. The average molecular weight is 292 g/mol. The zero-order chi connectivity index (χ0) is 15.8. The van der Waals surface area contributed by atoms with Crippen molar-refractivity contribution in [2.24, 2.45) is 5.73 Å². The lowest BCUT2D eigenvalue weighted by atomic mass is 10.0. The normalized spacial score (nSPS) is 12.0. The van der Waals surface area contributed by atoms with Crippen LogP contribution in [-0.4, -0.2) is 25.1 Å². The molecule has 4 nitrogen and oxygen atoms in total. The first-order valence-electron chi connectivity index (χ1n) is 7.74. The van der Waals surface area contributed by atoms with Crippen LogP contribution in [0.25, 0.3) is 0 Å². The molecule has 0 aromatic heterocycles. The molecular formula is C17H28N2O2. The number of carbonyl (C=O) groups is 1. The molecule has 1 unspecified atom stereocenters. The van der Waals surface area contributed by atoms with E-state index in [4.69, 9.17) is 10.5 Å². The van der Waals surface area contributed by atoms with Crippen molar-refractivity contribution in [2.45, 2.75) is 53.1 Å². The first-order valence-corrected chi connectivity index (χ1v) is 7.74.